The van der Waals surface area contributed by atoms with Crippen LogP contribution < -0.4 is 10.6 Å². The maximum atomic E-state index is 8.42. The third-order valence-electron chi connectivity index (χ3n) is 1.64. The first-order valence-electron chi connectivity index (χ1n) is 3.62. The second-order valence-corrected chi connectivity index (χ2v) is 2.93. The summed E-state index contributed by atoms with van der Waals surface area (Å²) in [5, 5.41) is 11.9. The van der Waals surface area contributed by atoms with Crippen molar-refractivity contribution in [2.75, 3.05) is 11.9 Å². The largest absolute Gasteiger partial charge is 0.408 e. The van der Waals surface area contributed by atoms with E-state index in [9.17, 15) is 0 Å². The quantitative estimate of drug-likeness (QED) is 0.312. The first-order chi connectivity index (χ1) is 6.15. The van der Waals surface area contributed by atoms with Crippen LogP contribution in [0.4, 0.5) is 5.69 Å². The third kappa shape index (κ3) is 2.26. The van der Waals surface area contributed by atoms with Gasteiger partial charge >= 0.3 is 0 Å². The molecule has 0 unspecified atom stereocenters. The minimum absolute atomic E-state index is 0.0160. The lowest BCUT2D eigenvalue weighted by molar-refractivity contribution is 0.317. The zero-order chi connectivity index (χ0) is 9.84. The Balaban J connectivity index is 2.95. The Hall–Kier alpha value is -1.42. The van der Waals surface area contributed by atoms with E-state index in [1.54, 1.807) is 25.2 Å². The summed E-state index contributed by atoms with van der Waals surface area (Å²) in [5.41, 5.74) is 6.15. The number of anilines is 1. The van der Waals surface area contributed by atoms with E-state index in [-0.39, 0.29) is 5.96 Å². The maximum absolute atomic E-state index is 8.42. The van der Waals surface area contributed by atoms with Crippen LogP contribution in [0, 0.1) is 0 Å². The van der Waals surface area contributed by atoms with Crippen LogP contribution in [0.2, 0.25) is 5.02 Å². The molecule has 0 aliphatic carbocycles. The molecule has 0 radical (unpaired) electrons. The van der Waals surface area contributed by atoms with Crippen LogP contribution in [0.15, 0.2) is 29.4 Å². The minimum Gasteiger partial charge on any atom is -0.408 e. The van der Waals surface area contributed by atoms with Gasteiger partial charge < -0.3 is 15.8 Å². The molecule has 0 aromatic heterocycles. The highest BCUT2D eigenvalue weighted by Gasteiger charge is 2.04. The van der Waals surface area contributed by atoms with Crippen LogP contribution in [0.1, 0.15) is 0 Å². The first kappa shape index (κ1) is 9.67. The van der Waals surface area contributed by atoms with Gasteiger partial charge in [-0.25, -0.2) is 0 Å². The van der Waals surface area contributed by atoms with Gasteiger partial charge in [0.2, 0.25) is 5.96 Å². The molecule has 3 N–H and O–H groups in total. The Labute approximate surface area is 81.2 Å². The van der Waals surface area contributed by atoms with Crippen LogP contribution in [-0.4, -0.2) is 18.2 Å². The predicted octanol–water partition coefficient (Wildman–Crippen LogP) is 1.48. The van der Waals surface area contributed by atoms with E-state index in [1.807, 2.05) is 6.07 Å². The van der Waals surface area contributed by atoms with Gasteiger partial charge in [0.25, 0.3) is 0 Å². The molecular formula is C8H10ClN3O. The Morgan fingerprint density at radius 2 is 2.31 bits per heavy atom. The van der Waals surface area contributed by atoms with E-state index in [4.69, 9.17) is 22.5 Å². The number of benzene rings is 1. The number of halogens is 1. The number of hydrogen-bond donors (Lipinski definition) is 2. The van der Waals surface area contributed by atoms with Crippen molar-refractivity contribution in [2.24, 2.45) is 10.9 Å². The first-order valence-corrected chi connectivity index (χ1v) is 4.00. The van der Waals surface area contributed by atoms with E-state index in [2.05, 4.69) is 5.16 Å². The minimum atomic E-state index is 0.0160. The van der Waals surface area contributed by atoms with Crippen molar-refractivity contribution in [1.29, 1.82) is 0 Å². The molecule has 0 aliphatic rings. The summed E-state index contributed by atoms with van der Waals surface area (Å²) in [6, 6.07) is 7.08. The monoisotopic (exact) mass is 199 g/mol. The van der Waals surface area contributed by atoms with Gasteiger partial charge in [-0.1, -0.05) is 22.8 Å². The molecule has 0 fully saturated rings. The summed E-state index contributed by atoms with van der Waals surface area (Å²) in [5.74, 6) is 0.0160. The second-order valence-electron chi connectivity index (χ2n) is 2.50. The summed E-state index contributed by atoms with van der Waals surface area (Å²) in [6.07, 6.45) is 0. The van der Waals surface area contributed by atoms with Gasteiger partial charge in [0.05, 0.1) is 0 Å². The molecule has 1 rings (SSSR count). The highest BCUT2D eigenvalue weighted by Crippen LogP contribution is 2.17. The molecule has 0 amide bonds. The summed E-state index contributed by atoms with van der Waals surface area (Å²) < 4.78 is 0. The van der Waals surface area contributed by atoms with Gasteiger partial charge in [0, 0.05) is 17.8 Å². The van der Waals surface area contributed by atoms with Crippen molar-refractivity contribution >= 4 is 23.2 Å². The van der Waals surface area contributed by atoms with Crippen molar-refractivity contribution in [3.05, 3.63) is 29.3 Å². The lowest BCUT2D eigenvalue weighted by Crippen LogP contribution is -2.33. The van der Waals surface area contributed by atoms with Crippen LogP contribution in [-0.2, 0) is 0 Å². The average Bonchev–Trinajstić information content (AvgIpc) is 2.15. The van der Waals surface area contributed by atoms with E-state index >= 15 is 0 Å². The molecule has 0 heterocycles. The standard InChI is InChI=1S/C8H10ClN3O/c1-12(8(10)11-13)7-4-2-3-6(9)5-7/h2-5,13H,1H3,(H2,10,11). The van der Waals surface area contributed by atoms with Gasteiger partial charge in [-0.15, -0.1) is 0 Å². The zero-order valence-corrected chi connectivity index (χ0v) is 7.86. The van der Waals surface area contributed by atoms with Gasteiger partial charge in [0.1, 0.15) is 0 Å². The Bertz CT molecular complexity index is 327. The maximum Gasteiger partial charge on any atom is 0.237 e. The summed E-state index contributed by atoms with van der Waals surface area (Å²) in [7, 11) is 1.68. The van der Waals surface area contributed by atoms with Crippen molar-refractivity contribution < 1.29 is 5.21 Å². The highest BCUT2D eigenvalue weighted by atomic mass is 35.5. The molecule has 13 heavy (non-hydrogen) atoms. The van der Waals surface area contributed by atoms with E-state index in [0.29, 0.717) is 5.02 Å². The molecule has 0 saturated carbocycles. The van der Waals surface area contributed by atoms with Crippen LogP contribution >= 0.6 is 11.6 Å². The van der Waals surface area contributed by atoms with Gasteiger partial charge in [-0.05, 0) is 18.2 Å². The number of hydrogen-bond acceptors (Lipinski definition) is 2. The number of nitrogens with two attached hydrogens (primary N) is 1. The third-order valence-corrected chi connectivity index (χ3v) is 1.88. The molecule has 0 atom stereocenters. The van der Waals surface area contributed by atoms with Crippen molar-refractivity contribution in [1.82, 2.24) is 0 Å². The van der Waals surface area contributed by atoms with Crippen molar-refractivity contribution in [3.8, 4) is 0 Å². The fourth-order valence-electron chi connectivity index (χ4n) is 0.884. The molecular weight excluding hydrogens is 190 g/mol. The predicted molar refractivity (Wildman–Crippen MR) is 53.3 cm³/mol. The fourth-order valence-corrected chi connectivity index (χ4v) is 1.07. The lowest BCUT2D eigenvalue weighted by atomic mass is 10.3. The molecule has 0 bridgehead atoms. The molecule has 5 heteroatoms. The molecule has 0 spiro atoms. The smallest absolute Gasteiger partial charge is 0.237 e. The molecule has 1 aromatic rings. The molecule has 1 aromatic carbocycles. The summed E-state index contributed by atoms with van der Waals surface area (Å²) in [6.45, 7) is 0. The highest BCUT2D eigenvalue weighted by molar-refractivity contribution is 6.30. The average molecular weight is 200 g/mol. The van der Waals surface area contributed by atoms with Gasteiger partial charge in [-0.3, -0.25) is 0 Å². The number of oxime groups is 1. The second kappa shape index (κ2) is 4.00. The van der Waals surface area contributed by atoms with Crippen LogP contribution in [0.25, 0.3) is 0 Å². The van der Waals surface area contributed by atoms with Crippen molar-refractivity contribution in [2.45, 2.75) is 0 Å². The molecule has 70 valence electrons. The van der Waals surface area contributed by atoms with Gasteiger partial charge in [-0.2, -0.15) is 0 Å². The van der Waals surface area contributed by atoms with E-state index < -0.39 is 0 Å². The lowest BCUT2D eigenvalue weighted by Gasteiger charge is -2.16. The zero-order valence-electron chi connectivity index (χ0n) is 7.11. The van der Waals surface area contributed by atoms with E-state index in [1.165, 1.54) is 4.90 Å². The molecule has 0 saturated heterocycles. The topological polar surface area (TPSA) is 61.8 Å². The van der Waals surface area contributed by atoms with Gasteiger partial charge in [0.15, 0.2) is 0 Å². The Morgan fingerprint density at radius 3 is 2.85 bits per heavy atom. The summed E-state index contributed by atoms with van der Waals surface area (Å²) in [4.78, 5) is 1.52. The molecule has 0 aliphatic heterocycles. The number of nitrogens with zero attached hydrogens (tertiary/aromatic N) is 2. The summed E-state index contributed by atoms with van der Waals surface area (Å²) >= 11 is 5.77. The fraction of sp³-hybridized carbons (Fsp3) is 0.125. The SMILES string of the molecule is CN(C(N)=NO)c1cccc(Cl)c1. The van der Waals surface area contributed by atoms with E-state index in [0.717, 1.165) is 5.69 Å². The number of guanidine groups is 1. The Morgan fingerprint density at radius 1 is 1.62 bits per heavy atom. The van der Waals surface area contributed by atoms with Crippen molar-refractivity contribution in [3.63, 3.8) is 0 Å². The number of rotatable bonds is 1. The Kier molecular flexibility index (Phi) is 2.97. The molecule has 4 nitrogen and oxygen atoms in total. The van der Waals surface area contributed by atoms with Crippen LogP contribution in [0.5, 0.6) is 0 Å². The normalized spacial score (nSPS) is 11.4. The van der Waals surface area contributed by atoms with Crippen LogP contribution in [0.3, 0.4) is 0 Å².